The Morgan fingerprint density at radius 3 is 2.59 bits per heavy atom. The van der Waals surface area contributed by atoms with Crippen molar-refractivity contribution in [2.45, 2.75) is 0 Å². The van der Waals surface area contributed by atoms with Gasteiger partial charge in [0.15, 0.2) is 11.7 Å². The Morgan fingerprint density at radius 2 is 2.00 bits per heavy atom. The second kappa shape index (κ2) is 8.00. The van der Waals surface area contributed by atoms with Gasteiger partial charge in [0.2, 0.25) is 5.88 Å². The van der Waals surface area contributed by atoms with Crippen molar-refractivity contribution in [1.29, 1.82) is 0 Å². The zero-order chi connectivity index (χ0) is 16.5. The molecule has 0 saturated carbocycles. The van der Waals surface area contributed by atoms with Crippen molar-refractivity contribution in [1.82, 2.24) is 4.98 Å². The fourth-order valence-corrected chi connectivity index (χ4v) is 1.24. The molecule has 8 nitrogen and oxygen atoms in total. The first-order valence-corrected chi connectivity index (χ1v) is 6.00. The van der Waals surface area contributed by atoms with Gasteiger partial charge in [-0.2, -0.15) is 0 Å². The Balaban J connectivity index is 2.99. The standard InChI is InChI=1S/C14H16N6O2/c1-9(21)5-3-6-10(15)14(17-2)20-19-13(16)11-7-4-8-12(22)18-11/h3-8,21H,1-2,15H2,(H2,16,19)(H,18,22)/b5-3-,10-6-,20-14-. The van der Waals surface area contributed by atoms with Crippen LogP contribution in [0.5, 0.6) is 5.88 Å². The van der Waals surface area contributed by atoms with E-state index in [0.29, 0.717) is 0 Å². The van der Waals surface area contributed by atoms with Crippen LogP contribution in [0, 0.1) is 0 Å². The normalized spacial score (nSPS) is 13.4. The van der Waals surface area contributed by atoms with E-state index in [1.54, 1.807) is 12.1 Å². The van der Waals surface area contributed by atoms with Crippen molar-refractivity contribution in [2.24, 2.45) is 26.7 Å². The molecule has 0 atom stereocenters. The van der Waals surface area contributed by atoms with Crippen molar-refractivity contribution >= 4 is 18.4 Å². The largest absolute Gasteiger partial charge is 0.509 e. The average Bonchev–Trinajstić information content (AvgIpc) is 2.47. The lowest BCUT2D eigenvalue weighted by Gasteiger charge is -1.99. The lowest BCUT2D eigenvalue weighted by molar-refractivity contribution is 0.435. The van der Waals surface area contributed by atoms with Crippen LogP contribution in [0.15, 0.2) is 69.7 Å². The van der Waals surface area contributed by atoms with E-state index in [-0.39, 0.29) is 34.7 Å². The Kier molecular flexibility index (Phi) is 6.05. The predicted octanol–water partition coefficient (Wildman–Crippen LogP) is 0.977. The predicted molar refractivity (Wildman–Crippen MR) is 86.8 cm³/mol. The Labute approximate surface area is 127 Å². The number of aliphatic hydroxyl groups excluding tert-OH is 1. The average molecular weight is 300 g/mol. The SMILES string of the molecule is C=NC(=N\N=C(/N)c1cccc(O)n1)/C(N)=C/C=C\C(=C)O. The van der Waals surface area contributed by atoms with Crippen LogP contribution in [-0.4, -0.2) is 33.6 Å². The second-order valence-electron chi connectivity index (χ2n) is 3.92. The third-order valence-electron chi connectivity index (χ3n) is 2.22. The van der Waals surface area contributed by atoms with Crippen molar-refractivity contribution in [3.63, 3.8) is 0 Å². The summed E-state index contributed by atoms with van der Waals surface area (Å²) in [4.78, 5) is 7.40. The number of rotatable bonds is 5. The number of aliphatic hydroxyl groups is 1. The number of pyridine rings is 1. The molecular weight excluding hydrogens is 284 g/mol. The summed E-state index contributed by atoms with van der Waals surface area (Å²) in [6, 6.07) is 4.53. The van der Waals surface area contributed by atoms with Crippen LogP contribution < -0.4 is 11.5 Å². The van der Waals surface area contributed by atoms with E-state index >= 15 is 0 Å². The summed E-state index contributed by atoms with van der Waals surface area (Å²) in [5, 5.41) is 25.7. The van der Waals surface area contributed by atoms with E-state index in [0.717, 1.165) is 0 Å². The first kappa shape index (κ1) is 16.6. The summed E-state index contributed by atoms with van der Waals surface area (Å²) >= 11 is 0. The second-order valence-corrected chi connectivity index (χ2v) is 3.92. The topological polar surface area (TPSA) is 142 Å². The minimum Gasteiger partial charge on any atom is -0.509 e. The molecule has 114 valence electrons. The van der Waals surface area contributed by atoms with Gasteiger partial charge in [-0.3, -0.25) is 0 Å². The van der Waals surface area contributed by atoms with Gasteiger partial charge in [0.05, 0.1) is 5.70 Å². The molecule has 0 bridgehead atoms. The summed E-state index contributed by atoms with van der Waals surface area (Å²) in [6.07, 6.45) is 4.23. The molecule has 1 rings (SSSR count). The highest BCUT2D eigenvalue weighted by Crippen LogP contribution is 2.04. The van der Waals surface area contributed by atoms with Crippen molar-refractivity contribution in [2.75, 3.05) is 0 Å². The van der Waals surface area contributed by atoms with Crippen molar-refractivity contribution in [3.8, 4) is 5.88 Å². The molecule has 0 aliphatic heterocycles. The first-order valence-electron chi connectivity index (χ1n) is 6.00. The zero-order valence-corrected chi connectivity index (χ0v) is 11.7. The lowest BCUT2D eigenvalue weighted by Crippen LogP contribution is -2.15. The van der Waals surface area contributed by atoms with Crippen LogP contribution in [0.1, 0.15) is 5.69 Å². The molecule has 22 heavy (non-hydrogen) atoms. The van der Waals surface area contributed by atoms with E-state index in [9.17, 15) is 5.11 Å². The van der Waals surface area contributed by atoms with Gasteiger partial charge in [0.25, 0.3) is 0 Å². The number of allylic oxidation sites excluding steroid dienone is 3. The number of nitrogens with zero attached hydrogens (tertiary/aromatic N) is 4. The van der Waals surface area contributed by atoms with Gasteiger partial charge in [0.1, 0.15) is 11.5 Å². The summed E-state index contributed by atoms with van der Waals surface area (Å²) in [5.74, 6) is -0.290. The molecule has 1 heterocycles. The maximum Gasteiger partial charge on any atom is 0.211 e. The molecule has 1 aromatic heterocycles. The van der Waals surface area contributed by atoms with Crippen molar-refractivity contribution < 1.29 is 10.2 Å². The molecule has 6 N–H and O–H groups in total. The molecule has 0 aromatic carbocycles. The van der Waals surface area contributed by atoms with E-state index in [1.165, 1.54) is 24.3 Å². The summed E-state index contributed by atoms with van der Waals surface area (Å²) < 4.78 is 0. The highest BCUT2D eigenvalue weighted by molar-refractivity contribution is 6.01. The third-order valence-corrected chi connectivity index (χ3v) is 2.22. The smallest absolute Gasteiger partial charge is 0.211 e. The van der Waals surface area contributed by atoms with Gasteiger partial charge in [-0.1, -0.05) is 18.7 Å². The third kappa shape index (κ3) is 5.29. The van der Waals surface area contributed by atoms with Gasteiger partial charge < -0.3 is 21.7 Å². The molecule has 1 aromatic rings. The fourth-order valence-electron chi connectivity index (χ4n) is 1.24. The number of aromatic hydroxyl groups is 1. The Hall–Kier alpha value is -3.42. The van der Waals surface area contributed by atoms with E-state index < -0.39 is 0 Å². The van der Waals surface area contributed by atoms with Gasteiger partial charge in [-0.05, 0) is 24.9 Å². The maximum atomic E-state index is 9.27. The Bertz CT molecular complexity index is 688. The van der Waals surface area contributed by atoms with Crippen molar-refractivity contribution in [3.05, 3.63) is 60.2 Å². The molecule has 0 aliphatic rings. The van der Waals surface area contributed by atoms with Crippen LogP contribution in [0.3, 0.4) is 0 Å². The van der Waals surface area contributed by atoms with E-state index in [4.69, 9.17) is 16.6 Å². The molecule has 0 saturated heterocycles. The van der Waals surface area contributed by atoms with Crippen LogP contribution >= 0.6 is 0 Å². The molecule has 0 amide bonds. The lowest BCUT2D eigenvalue weighted by atomic mass is 10.3. The highest BCUT2D eigenvalue weighted by Gasteiger charge is 2.02. The van der Waals surface area contributed by atoms with E-state index in [1.807, 2.05) is 0 Å². The monoisotopic (exact) mass is 300 g/mol. The molecule has 0 radical (unpaired) electrons. The van der Waals surface area contributed by atoms with Crippen LogP contribution in [0.25, 0.3) is 0 Å². The fraction of sp³-hybridized carbons (Fsp3) is 0. The van der Waals surface area contributed by atoms with Gasteiger partial charge in [-0.15, -0.1) is 10.2 Å². The minimum atomic E-state index is -0.185. The number of hydrogen-bond donors (Lipinski definition) is 4. The molecule has 0 unspecified atom stereocenters. The maximum absolute atomic E-state index is 9.27. The molecular formula is C14H16N6O2. The molecule has 0 aliphatic carbocycles. The summed E-state index contributed by atoms with van der Waals surface area (Å²) in [7, 11) is 0. The minimum absolute atomic E-state index is 0.0240. The number of amidine groups is 2. The first-order chi connectivity index (χ1) is 10.4. The number of aromatic nitrogens is 1. The number of hydrogen-bond acceptors (Lipinski definition) is 6. The Morgan fingerprint density at radius 1 is 1.27 bits per heavy atom. The summed E-state index contributed by atoms with van der Waals surface area (Å²) in [6.45, 7) is 6.62. The number of nitrogens with two attached hydrogens (primary N) is 2. The summed E-state index contributed by atoms with van der Waals surface area (Å²) in [5.41, 5.74) is 11.8. The van der Waals surface area contributed by atoms with Gasteiger partial charge in [-0.25, -0.2) is 9.98 Å². The van der Waals surface area contributed by atoms with Gasteiger partial charge in [0, 0.05) is 6.07 Å². The molecule has 0 spiro atoms. The molecule has 8 heteroatoms. The highest BCUT2D eigenvalue weighted by atomic mass is 16.3. The van der Waals surface area contributed by atoms with Gasteiger partial charge >= 0.3 is 0 Å². The number of aliphatic imine (C=N–C) groups is 1. The van der Waals surface area contributed by atoms with Crippen LogP contribution in [0.2, 0.25) is 0 Å². The van der Waals surface area contributed by atoms with Crippen LogP contribution in [-0.2, 0) is 0 Å². The molecule has 0 fully saturated rings. The quantitative estimate of drug-likeness (QED) is 0.211. The van der Waals surface area contributed by atoms with E-state index in [2.05, 4.69) is 33.5 Å². The van der Waals surface area contributed by atoms with Crippen LogP contribution in [0.4, 0.5) is 0 Å². The zero-order valence-electron chi connectivity index (χ0n) is 11.7.